The number of carboxylic acids is 1. The Morgan fingerprint density at radius 3 is 2.50 bits per heavy atom. The van der Waals surface area contributed by atoms with E-state index in [1.807, 2.05) is 0 Å². The van der Waals surface area contributed by atoms with E-state index in [9.17, 15) is 9.59 Å². The number of carbonyl (C=O) groups is 2. The summed E-state index contributed by atoms with van der Waals surface area (Å²) >= 11 is 0. The molecule has 0 saturated heterocycles. The van der Waals surface area contributed by atoms with Crippen molar-refractivity contribution in [2.24, 2.45) is 11.3 Å². The molecule has 0 aromatic rings. The van der Waals surface area contributed by atoms with Crippen molar-refractivity contribution >= 4 is 12.1 Å². The van der Waals surface area contributed by atoms with Crippen LogP contribution in [-0.4, -0.2) is 41.0 Å². The van der Waals surface area contributed by atoms with Crippen LogP contribution in [0.5, 0.6) is 0 Å². The minimum Gasteiger partial charge on any atom is -0.480 e. The minimum atomic E-state index is -1.07. The Kier molecular flexibility index (Phi) is 5.80. The van der Waals surface area contributed by atoms with Crippen molar-refractivity contribution in [3.8, 4) is 0 Å². The Balaban J connectivity index is 2.32. The van der Waals surface area contributed by atoms with Crippen LogP contribution in [0, 0.1) is 11.3 Å². The summed E-state index contributed by atoms with van der Waals surface area (Å²) in [5, 5.41) is 20.2. The molecule has 1 rings (SSSR count). The summed E-state index contributed by atoms with van der Waals surface area (Å²) < 4.78 is 5.20. The molecule has 0 bridgehead atoms. The summed E-state index contributed by atoms with van der Waals surface area (Å²) in [5.74, 6) is -0.713. The zero-order chi connectivity index (χ0) is 15.3. The van der Waals surface area contributed by atoms with Crippen molar-refractivity contribution in [3.05, 3.63) is 0 Å². The normalized spacial score (nSPS) is 23.0. The predicted molar refractivity (Wildman–Crippen MR) is 73.3 cm³/mol. The van der Waals surface area contributed by atoms with E-state index in [2.05, 4.69) is 5.32 Å². The first-order valence-corrected chi connectivity index (χ1v) is 7.06. The number of rotatable bonds is 7. The van der Waals surface area contributed by atoms with E-state index in [-0.39, 0.29) is 12.7 Å². The lowest BCUT2D eigenvalue weighted by Gasteiger charge is -2.27. The third-order valence-corrected chi connectivity index (χ3v) is 3.47. The summed E-state index contributed by atoms with van der Waals surface area (Å²) in [6, 6.07) is -0.971. The number of unbranched alkanes of at least 4 members (excludes halogenated alkanes) is 1. The maximum Gasteiger partial charge on any atom is 0.408 e. The van der Waals surface area contributed by atoms with Gasteiger partial charge < -0.3 is 20.3 Å². The van der Waals surface area contributed by atoms with Gasteiger partial charge in [-0.05, 0) is 30.6 Å². The standard InChI is InChI=1S/C14H25NO5/c1-14(2,3)11(12(17)18)15-13(19)20-10-8-9(10)6-4-5-7-16/h9-11,16H,4-8H2,1-3H3,(H,15,19)(H,17,18)/t9?,10-,11-/m1/s1. The van der Waals surface area contributed by atoms with Crippen molar-refractivity contribution < 1.29 is 24.5 Å². The van der Waals surface area contributed by atoms with Gasteiger partial charge >= 0.3 is 12.1 Å². The molecule has 1 aliphatic carbocycles. The maximum atomic E-state index is 11.7. The van der Waals surface area contributed by atoms with Crippen LogP contribution < -0.4 is 5.32 Å². The van der Waals surface area contributed by atoms with Gasteiger partial charge in [0.1, 0.15) is 12.1 Å². The molecule has 116 valence electrons. The van der Waals surface area contributed by atoms with Crippen molar-refractivity contribution in [2.75, 3.05) is 6.61 Å². The highest BCUT2D eigenvalue weighted by Crippen LogP contribution is 2.38. The van der Waals surface area contributed by atoms with Gasteiger partial charge in [0.05, 0.1) is 0 Å². The SMILES string of the molecule is CC(C)(C)[C@H](NC(=O)O[C@@H]1CC1CCCCO)C(=O)O. The monoisotopic (exact) mass is 287 g/mol. The van der Waals surface area contributed by atoms with E-state index < -0.39 is 23.5 Å². The highest BCUT2D eigenvalue weighted by atomic mass is 16.6. The molecule has 1 amide bonds. The smallest absolute Gasteiger partial charge is 0.408 e. The number of hydrogen-bond acceptors (Lipinski definition) is 4. The lowest BCUT2D eigenvalue weighted by molar-refractivity contribution is -0.142. The molecule has 0 aromatic carbocycles. The zero-order valence-corrected chi connectivity index (χ0v) is 12.4. The van der Waals surface area contributed by atoms with E-state index in [0.717, 1.165) is 25.7 Å². The first-order chi connectivity index (χ1) is 9.25. The van der Waals surface area contributed by atoms with Gasteiger partial charge in [0.25, 0.3) is 0 Å². The number of aliphatic hydroxyl groups excluding tert-OH is 1. The summed E-state index contributed by atoms with van der Waals surface area (Å²) in [4.78, 5) is 22.8. The largest absolute Gasteiger partial charge is 0.480 e. The van der Waals surface area contributed by atoms with Gasteiger partial charge in [0, 0.05) is 6.61 Å². The first-order valence-electron chi connectivity index (χ1n) is 7.06. The number of nitrogens with one attached hydrogen (secondary N) is 1. The summed E-state index contributed by atoms with van der Waals surface area (Å²) in [7, 11) is 0. The van der Waals surface area contributed by atoms with E-state index in [1.165, 1.54) is 0 Å². The fourth-order valence-corrected chi connectivity index (χ4v) is 2.12. The van der Waals surface area contributed by atoms with Crippen LogP contribution in [0.4, 0.5) is 4.79 Å². The topological polar surface area (TPSA) is 95.9 Å². The number of hydrogen-bond donors (Lipinski definition) is 3. The number of ether oxygens (including phenoxy) is 1. The highest BCUT2D eigenvalue weighted by Gasteiger charge is 2.41. The fraction of sp³-hybridized carbons (Fsp3) is 0.857. The molecule has 0 aliphatic heterocycles. The van der Waals surface area contributed by atoms with Crippen LogP contribution in [0.15, 0.2) is 0 Å². The molecule has 0 heterocycles. The Morgan fingerprint density at radius 1 is 1.35 bits per heavy atom. The van der Waals surface area contributed by atoms with Gasteiger partial charge in [-0.15, -0.1) is 0 Å². The molecule has 3 atom stereocenters. The molecule has 0 aromatic heterocycles. The van der Waals surface area contributed by atoms with Crippen molar-refractivity contribution in [1.82, 2.24) is 5.32 Å². The Hall–Kier alpha value is -1.30. The van der Waals surface area contributed by atoms with Crippen LogP contribution >= 0.6 is 0 Å². The number of carbonyl (C=O) groups excluding carboxylic acids is 1. The summed E-state index contributed by atoms with van der Waals surface area (Å²) in [6.45, 7) is 5.44. The van der Waals surface area contributed by atoms with E-state index in [4.69, 9.17) is 14.9 Å². The lowest BCUT2D eigenvalue weighted by atomic mass is 9.87. The molecular formula is C14H25NO5. The fourth-order valence-electron chi connectivity index (χ4n) is 2.12. The number of aliphatic carboxylic acids is 1. The second kappa shape index (κ2) is 6.92. The van der Waals surface area contributed by atoms with Crippen LogP contribution in [-0.2, 0) is 9.53 Å². The molecular weight excluding hydrogens is 262 g/mol. The van der Waals surface area contributed by atoms with Crippen LogP contribution in [0.1, 0.15) is 46.5 Å². The number of alkyl carbamates (subject to hydrolysis) is 1. The third-order valence-electron chi connectivity index (χ3n) is 3.47. The molecule has 6 nitrogen and oxygen atoms in total. The third kappa shape index (κ3) is 5.36. The molecule has 3 N–H and O–H groups in total. The van der Waals surface area contributed by atoms with Gasteiger partial charge in [-0.2, -0.15) is 0 Å². The molecule has 20 heavy (non-hydrogen) atoms. The molecule has 0 spiro atoms. The molecule has 1 aliphatic rings. The van der Waals surface area contributed by atoms with Gasteiger partial charge in [0.2, 0.25) is 0 Å². The second-order valence-electron chi connectivity index (χ2n) is 6.44. The Labute approximate surface area is 119 Å². The van der Waals surface area contributed by atoms with E-state index >= 15 is 0 Å². The van der Waals surface area contributed by atoms with Crippen molar-refractivity contribution in [1.29, 1.82) is 0 Å². The van der Waals surface area contributed by atoms with E-state index in [1.54, 1.807) is 20.8 Å². The van der Waals surface area contributed by atoms with Gasteiger partial charge in [-0.25, -0.2) is 9.59 Å². The quantitative estimate of drug-likeness (QED) is 0.620. The number of carboxylic acid groups (broad SMARTS) is 1. The van der Waals surface area contributed by atoms with E-state index in [0.29, 0.717) is 5.92 Å². The first kappa shape index (κ1) is 16.8. The second-order valence-corrected chi connectivity index (χ2v) is 6.44. The molecule has 1 saturated carbocycles. The number of amides is 1. The van der Waals surface area contributed by atoms with Crippen molar-refractivity contribution in [2.45, 2.75) is 58.6 Å². The molecule has 1 unspecified atom stereocenters. The molecule has 1 fully saturated rings. The molecule has 6 heteroatoms. The molecule has 0 radical (unpaired) electrons. The average molecular weight is 287 g/mol. The van der Waals surface area contributed by atoms with Crippen LogP contribution in [0.3, 0.4) is 0 Å². The lowest BCUT2D eigenvalue weighted by Crippen LogP contribution is -2.49. The highest BCUT2D eigenvalue weighted by molar-refractivity contribution is 5.80. The van der Waals surface area contributed by atoms with Crippen molar-refractivity contribution in [3.63, 3.8) is 0 Å². The minimum absolute atomic E-state index is 0.108. The van der Waals surface area contributed by atoms with Gasteiger partial charge in [0.15, 0.2) is 0 Å². The van der Waals surface area contributed by atoms with Crippen LogP contribution in [0.2, 0.25) is 0 Å². The number of aliphatic hydroxyl groups is 1. The van der Waals surface area contributed by atoms with Gasteiger partial charge in [-0.3, -0.25) is 0 Å². The Morgan fingerprint density at radius 2 is 2.00 bits per heavy atom. The predicted octanol–water partition coefficient (Wildman–Crippen LogP) is 1.76. The van der Waals surface area contributed by atoms with Gasteiger partial charge in [-0.1, -0.05) is 27.2 Å². The maximum absolute atomic E-state index is 11.7. The van der Waals surface area contributed by atoms with Crippen LogP contribution in [0.25, 0.3) is 0 Å². The Bertz CT molecular complexity index is 350. The summed E-state index contributed by atoms with van der Waals surface area (Å²) in [6.07, 6.45) is 2.67. The zero-order valence-electron chi connectivity index (χ0n) is 12.4. The average Bonchev–Trinajstić information content (AvgIpc) is 3.03. The summed E-state index contributed by atoms with van der Waals surface area (Å²) in [5.41, 5.74) is -0.574.